The molecular formula is C16H17ClFN6O5P. The van der Waals surface area contributed by atoms with Crippen LogP contribution in [0.2, 0.25) is 5.28 Å². The summed E-state index contributed by atoms with van der Waals surface area (Å²) in [5.41, 5.74) is 11.6. The molecule has 0 amide bonds. The molecule has 1 aromatic carbocycles. The topological polar surface area (TPSA) is 161 Å². The zero-order chi connectivity index (χ0) is 21.5. The summed E-state index contributed by atoms with van der Waals surface area (Å²) in [6, 6.07) is 8.15. The van der Waals surface area contributed by atoms with Gasteiger partial charge >= 0.3 is 7.75 Å². The molecule has 5 atom stereocenters. The lowest BCUT2D eigenvalue weighted by Crippen LogP contribution is -2.31. The van der Waals surface area contributed by atoms with Crippen LogP contribution in [0, 0.1) is 0 Å². The monoisotopic (exact) mass is 458 g/mol. The number of nitrogens with two attached hydrogens (primary N) is 2. The maximum atomic E-state index is 14.8. The van der Waals surface area contributed by atoms with E-state index in [1.807, 2.05) is 0 Å². The average molecular weight is 459 g/mol. The molecule has 11 nitrogen and oxygen atoms in total. The van der Waals surface area contributed by atoms with Crippen molar-refractivity contribution in [2.45, 2.75) is 24.6 Å². The van der Waals surface area contributed by atoms with Gasteiger partial charge in [0.05, 0.1) is 12.9 Å². The summed E-state index contributed by atoms with van der Waals surface area (Å²) in [5, 5.41) is 10.1. The number of aliphatic hydroxyl groups excluding tert-OH is 1. The molecule has 1 aliphatic rings. The fourth-order valence-corrected chi connectivity index (χ4v) is 3.99. The SMILES string of the molecule is Nc1nc(Cl)nc2c1ncn2C1OC(COP(N)(=O)Oc2ccccc2)C(O)C1F. The number of hydrogen-bond acceptors (Lipinski definition) is 9. The Morgan fingerprint density at radius 2 is 2.07 bits per heavy atom. The van der Waals surface area contributed by atoms with Crippen LogP contribution in [-0.4, -0.2) is 49.6 Å². The van der Waals surface area contributed by atoms with E-state index in [9.17, 15) is 14.1 Å². The van der Waals surface area contributed by atoms with Crippen molar-refractivity contribution in [1.29, 1.82) is 0 Å². The molecule has 0 bridgehead atoms. The van der Waals surface area contributed by atoms with Crippen molar-refractivity contribution in [3.63, 3.8) is 0 Å². The summed E-state index contributed by atoms with van der Waals surface area (Å²) < 4.78 is 44.1. The van der Waals surface area contributed by atoms with Gasteiger partial charge in [0.1, 0.15) is 23.5 Å². The van der Waals surface area contributed by atoms with E-state index in [2.05, 4.69) is 15.0 Å². The molecule has 1 fully saturated rings. The van der Waals surface area contributed by atoms with E-state index >= 15 is 0 Å². The molecule has 2 aromatic heterocycles. The van der Waals surface area contributed by atoms with E-state index in [1.165, 1.54) is 10.9 Å². The normalized spacial score (nSPS) is 26.0. The van der Waals surface area contributed by atoms with Crippen molar-refractivity contribution in [3.05, 3.63) is 41.9 Å². The number of aliphatic hydroxyl groups is 1. The van der Waals surface area contributed by atoms with Gasteiger partial charge in [0.2, 0.25) is 5.28 Å². The third-order valence-corrected chi connectivity index (χ3v) is 5.53. The summed E-state index contributed by atoms with van der Waals surface area (Å²) in [6.45, 7) is -0.483. The first-order chi connectivity index (χ1) is 14.2. The number of alkyl halides is 1. The largest absolute Gasteiger partial charge is 0.456 e. The molecule has 4 rings (SSSR count). The van der Waals surface area contributed by atoms with E-state index in [1.54, 1.807) is 30.3 Å². The molecule has 14 heteroatoms. The second-order valence-corrected chi connectivity index (χ2v) is 8.30. The highest BCUT2D eigenvalue weighted by molar-refractivity contribution is 7.51. The van der Waals surface area contributed by atoms with Gasteiger partial charge in [-0.05, 0) is 23.7 Å². The van der Waals surface area contributed by atoms with Crippen LogP contribution < -0.4 is 15.8 Å². The lowest BCUT2D eigenvalue weighted by molar-refractivity contribution is -0.0424. The summed E-state index contributed by atoms with van der Waals surface area (Å²) in [4.78, 5) is 11.8. The van der Waals surface area contributed by atoms with Crippen LogP contribution >= 0.6 is 19.3 Å². The number of anilines is 1. The van der Waals surface area contributed by atoms with Crippen molar-refractivity contribution < 1.29 is 27.8 Å². The highest BCUT2D eigenvalue weighted by Gasteiger charge is 2.46. The molecule has 0 saturated carbocycles. The maximum absolute atomic E-state index is 14.8. The minimum absolute atomic E-state index is 0.0136. The van der Waals surface area contributed by atoms with Gasteiger partial charge in [0, 0.05) is 0 Å². The summed E-state index contributed by atoms with van der Waals surface area (Å²) in [6.07, 6.45) is -4.73. The number of halogens is 2. The second kappa shape index (κ2) is 8.06. The molecule has 5 unspecified atom stereocenters. The number of para-hydroxylation sites is 1. The van der Waals surface area contributed by atoms with Gasteiger partial charge in [-0.15, -0.1) is 0 Å². The van der Waals surface area contributed by atoms with Gasteiger partial charge in [0.25, 0.3) is 0 Å². The fourth-order valence-electron chi connectivity index (χ4n) is 2.99. The summed E-state index contributed by atoms with van der Waals surface area (Å²) in [7, 11) is -4.03. The standard InChI is InChI=1S/C16H17ClFN6O5P/c17-16-22-13(19)11-14(23-16)24(7-21-11)15-10(18)12(25)9(28-15)6-27-30(20,26)29-8-4-2-1-3-5-8/h1-5,7,9-10,12,15,25H,6H2,(H2,20,26)(H2,19,22,23). The molecule has 30 heavy (non-hydrogen) atoms. The Balaban J connectivity index is 1.48. The third-order valence-electron chi connectivity index (χ3n) is 4.38. The number of nitrogens with zero attached hydrogens (tertiary/aromatic N) is 4. The Labute approximate surface area is 174 Å². The summed E-state index contributed by atoms with van der Waals surface area (Å²) >= 11 is 5.81. The van der Waals surface area contributed by atoms with Crippen LogP contribution in [0.25, 0.3) is 11.2 Å². The van der Waals surface area contributed by atoms with Crippen molar-refractivity contribution in [1.82, 2.24) is 19.5 Å². The quantitative estimate of drug-likeness (QED) is 0.367. The maximum Gasteiger partial charge on any atom is 0.456 e. The molecular weight excluding hydrogens is 442 g/mol. The predicted molar refractivity (Wildman–Crippen MR) is 104 cm³/mol. The van der Waals surface area contributed by atoms with Crippen LogP contribution in [-0.2, 0) is 13.8 Å². The molecule has 0 aliphatic carbocycles. The van der Waals surface area contributed by atoms with E-state index in [0.29, 0.717) is 0 Å². The first-order valence-electron chi connectivity index (χ1n) is 8.66. The minimum Gasteiger partial charge on any atom is -0.413 e. The van der Waals surface area contributed by atoms with Crippen molar-refractivity contribution in [2.75, 3.05) is 12.3 Å². The van der Waals surface area contributed by atoms with Crippen molar-refractivity contribution >= 4 is 36.3 Å². The van der Waals surface area contributed by atoms with Crippen molar-refractivity contribution in [3.8, 4) is 5.75 Å². The summed E-state index contributed by atoms with van der Waals surface area (Å²) in [5.74, 6) is 0.247. The van der Waals surface area contributed by atoms with Gasteiger partial charge in [-0.1, -0.05) is 18.2 Å². The van der Waals surface area contributed by atoms with E-state index < -0.39 is 39.0 Å². The Hall–Kier alpha value is -2.34. The number of aromatic nitrogens is 4. The Morgan fingerprint density at radius 3 is 2.80 bits per heavy atom. The molecule has 1 saturated heterocycles. The number of ether oxygens (including phenoxy) is 1. The fraction of sp³-hybridized carbons (Fsp3) is 0.312. The van der Waals surface area contributed by atoms with Gasteiger partial charge in [-0.3, -0.25) is 9.09 Å². The molecule has 5 N–H and O–H groups in total. The highest BCUT2D eigenvalue weighted by Crippen LogP contribution is 2.42. The van der Waals surface area contributed by atoms with E-state index in [-0.39, 0.29) is 28.0 Å². The van der Waals surface area contributed by atoms with Crippen molar-refractivity contribution in [2.24, 2.45) is 5.50 Å². The number of imidazole rings is 1. The molecule has 0 spiro atoms. The van der Waals surface area contributed by atoms with Gasteiger partial charge in [-0.2, -0.15) is 9.97 Å². The lowest BCUT2D eigenvalue weighted by atomic mass is 10.1. The zero-order valence-electron chi connectivity index (χ0n) is 15.2. The Bertz CT molecular complexity index is 1100. The zero-order valence-corrected chi connectivity index (χ0v) is 16.9. The third kappa shape index (κ3) is 4.10. The molecule has 1 aliphatic heterocycles. The average Bonchev–Trinajstić information content (AvgIpc) is 3.22. The molecule has 3 heterocycles. The molecule has 3 aromatic rings. The van der Waals surface area contributed by atoms with Gasteiger partial charge in [0.15, 0.2) is 23.9 Å². The van der Waals surface area contributed by atoms with Crippen LogP contribution in [0.4, 0.5) is 10.2 Å². The van der Waals surface area contributed by atoms with Crippen LogP contribution in [0.1, 0.15) is 6.23 Å². The van der Waals surface area contributed by atoms with Gasteiger partial charge in [-0.25, -0.2) is 19.4 Å². The van der Waals surface area contributed by atoms with E-state index in [4.69, 9.17) is 36.6 Å². The Morgan fingerprint density at radius 1 is 1.33 bits per heavy atom. The number of rotatable bonds is 6. The lowest BCUT2D eigenvalue weighted by Gasteiger charge is -2.18. The van der Waals surface area contributed by atoms with Crippen LogP contribution in [0.5, 0.6) is 5.75 Å². The number of hydrogen-bond donors (Lipinski definition) is 3. The second-order valence-electron chi connectivity index (χ2n) is 6.44. The highest BCUT2D eigenvalue weighted by atomic mass is 35.5. The molecule has 0 radical (unpaired) electrons. The predicted octanol–water partition coefficient (Wildman–Crippen LogP) is 1.82. The van der Waals surface area contributed by atoms with Crippen LogP contribution in [0.3, 0.4) is 0 Å². The van der Waals surface area contributed by atoms with Crippen LogP contribution in [0.15, 0.2) is 36.7 Å². The Kier molecular flexibility index (Phi) is 5.62. The smallest absolute Gasteiger partial charge is 0.413 e. The number of benzene rings is 1. The molecule has 160 valence electrons. The van der Waals surface area contributed by atoms with Gasteiger partial charge < -0.3 is 20.1 Å². The number of nitrogen functional groups attached to an aromatic ring is 1. The first kappa shape index (κ1) is 20.9. The number of fused-ring (bicyclic) bond motifs is 1. The van der Waals surface area contributed by atoms with E-state index in [0.717, 1.165) is 0 Å². The minimum atomic E-state index is -4.03. The first-order valence-corrected chi connectivity index (χ1v) is 10.6.